The standard InChI is InChI=1S/C50H60ClN9O9S/c1-29(2)69-40-27-34(31(5)26-38(40)56-50-54-28-35(51)46(58-50)55-36-13-6-7-15-41(36)70(67,68)30(3)4)32-20-24-59(25-21-32)44(63)17-11-16-42(61)53-23-9-8-22-52-37-14-10-12-33-45(37)49(66)60(48(33)65)39-18-19-43(62)57-47(39)64/h6-7,10,12-15,26-30,32,39,52H,8-9,11,16-25H2,1-5H3,(H,53,61)(H,57,62,64)(H2,54,55,56,58). The number of hydrogen-bond donors (Lipinski definition) is 5. The molecule has 4 aromatic rings. The third-order valence-electron chi connectivity index (χ3n) is 12.6. The molecule has 0 spiro atoms. The number of aryl methyl sites for hydroxylation is 1. The highest BCUT2D eigenvalue weighted by Gasteiger charge is 2.45. The predicted molar refractivity (Wildman–Crippen MR) is 266 cm³/mol. The first kappa shape index (κ1) is 51.3. The number of likely N-dealkylation sites (tertiary alicyclic amines) is 1. The van der Waals surface area contributed by atoms with Crippen LogP contribution in [0.5, 0.6) is 5.75 Å². The summed E-state index contributed by atoms with van der Waals surface area (Å²) in [5, 5.41) is 14.3. The molecule has 3 aliphatic heterocycles. The van der Waals surface area contributed by atoms with E-state index in [0.717, 1.165) is 28.9 Å². The monoisotopic (exact) mass is 997 g/mol. The van der Waals surface area contributed by atoms with Crippen LogP contribution in [0.3, 0.4) is 0 Å². The molecule has 1 aromatic heterocycles. The van der Waals surface area contributed by atoms with Crippen molar-refractivity contribution in [3.05, 3.63) is 88.1 Å². The lowest BCUT2D eigenvalue weighted by atomic mass is 9.86. The summed E-state index contributed by atoms with van der Waals surface area (Å²) in [6, 6.07) is 14.5. The summed E-state index contributed by atoms with van der Waals surface area (Å²) in [5.74, 6) is -1.10. The van der Waals surface area contributed by atoms with Crippen molar-refractivity contribution in [2.75, 3.05) is 42.1 Å². The van der Waals surface area contributed by atoms with E-state index >= 15 is 0 Å². The van der Waals surface area contributed by atoms with Gasteiger partial charge in [-0.3, -0.25) is 39.0 Å². The minimum absolute atomic E-state index is 0.0205. The lowest BCUT2D eigenvalue weighted by molar-refractivity contribution is -0.136. The summed E-state index contributed by atoms with van der Waals surface area (Å²) in [4.78, 5) is 88.3. The highest BCUT2D eigenvalue weighted by atomic mass is 35.5. The fraction of sp³-hybridized carbons (Fsp3) is 0.440. The highest BCUT2D eigenvalue weighted by Crippen LogP contribution is 2.39. The van der Waals surface area contributed by atoms with E-state index in [4.69, 9.17) is 16.3 Å². The van der Waals surface area contributed by atoms with Crippen LogP contribution in [0.15, 0.2) is 65.7 Å². The maximum Gasteiger partial charge on any atom is 0.264 e. The maximum absolute atomic E-state index is 13.3. The quantitative estimate of drug-likeness (QED) is 0.0436. The molecule has 70 heavy (non-hydrogen) atoms. The molecule has 4 heterocycles. The van der Waals surface area contributed by atoms with Gasteiger partial charge in [-0.05, 0) is 127 Å². The third-order valence-corrected chi connectivity index (χ3v) is 15.1. The molecule has 2 saturated heterocycles. The summed E-state index contributed by atoms with van der Waals surface area (Å²) in [7, 11) is -3.60. The van der Waals surface area contributed by atoms with Crippen molar-refractivity contribution >= 4 is 85.7 Å². The van der Waals surface area contributed by atoms with Gasteiger partial charge in [0.2, 0.25) is 29.6 Å². The molecule has 2 fully saturated rings. The smallest absolute Gasteiger partial charge is 0.264 e. The number of nitrogens with zero attached hydrogens (tertiary/aromatic N) is 4. The van der Waals surface area contributed by atoms with Gasteiger partial charge >= 0.3 is 0 Å². The predicted octanol–water partition coefficient (Wildman–Crippen LogP) is 7.18. The number of fused-ring (bicyclic) bond motifs is 1. The largest absolute Gasteiger partial charge is 0.489 e. The van der Waals surface area contributed by atoms with Crippen LogP contribution >= 0.6 is 11.6 Å². The number of imide groups is 2. The second-order valence-corrected chi connectivity index (χ2v) is 21.1. The van der Waals surface area contributed by atoms with Crippen LogP contribution in [0.25, 0.3) is 0 Å². The van der Waals surface area contributed by atoms with Gasteiger partial charge in [-0.25, -0.2) is 13.4 Å². The van der Waals surface area contributed by atoms with Gasteiger partial charge in [0.15, 0.2) is 15.7 Å². The van der Waals surface area contributed by atoms with Crippen LogP contribution in [0.4, 0.5) is 28.8 Å². The second-order valence-electron chi connectivity index (χ2n) is 18.3. The summed E-state index contributed by atoms with van der Waals surface area (Å²) in [6.07, 6.45) is 5.19. The number of halogens is 1. The third kappa shape index (κ3) is 11.9. The van der Waals surface area contributed by atoms with E-state index in [0.29, 0.717) is 68.3 Å². The van der Waals surface area contributed by atoms with E-state index in [-0.39, 0.29) is 82.3 Å². The molecule has 5 N–H and O–H groups in total. The number of nitrogens with one attached hydrogen (secondary N) is 5. The molecular formula is C50H60ClN9O9S. The summed E-state index contributed by atoms with van der Waals surface area (Å²) >= 11 is 6.50. The Bertz CT molecular complexity index is 2780. The van der Waals surface area contributed by atoms with E-state index in [1.165, 1.54) is 6.20 Å². The lowest BCUT2D eigenvalue weighted by Gasteiger charge is -2.33. The topological polar surface area (TPSA) is 238 Å². The molecule has 372 valence electrons. The zero-order valence-corrected chi connectivity index (χ0v) is 41.6. The fourth-order valence-electron chi connectivity index (χ4n) is 8.88. The minimum atomic E-state index is -3.60. The molecule has 18 nitrogen and oxygen atoms in total. The first-order valence-corrected chi connectivity index (χ1v) is 25.7. The van der Waals surface area contributed by atoms with Crippen molar-refractivity contribution in [2.45, 2.75) is 121 Å². The minimum Gasteiger partial charge on any atom is -0.489 e. The SMILES string of the molecule is Cc1cc(Nc2ncc(Cl)c(Nc3ccccc3S(=O)(=O)C(C)C)n2)c(OC(C)C)cc1C1CCN(C(=O)CCCC(=O)NCCCCNc2cccc3c2C(=O)N(C2CCC(=O)NC2=O)C3=O)CC1. The Kier molecular flexibility index (Phi) is 16.4. The van der Waals surface area contributed by atoms with E-state index in [9.17, 15) is 37.2 Å². The van der Waals surface area contributed by atoms with Crippen LogP contribution in [-0.2, 0) is 29.0 Å². The Hall–Kier alpha value is -6.60. The lowest BCUT2D eigenvalue weighted by Crippen LogP contribution is -2.54. The summed E-state index contributed by atoms with van der Waals surface area (Å²) in [6.45, 7) is 11.3. The van der Waals surface area contributed by atoms with Gasteiger partial charge in [0.05, 0.1) is 44.9 Å². The molecule has 6 amide bonds. The molecule has 0 bridgehead atoms. The molecule has 0 saturated carbocycles. The van der Waals surface area contributed by atoms with E-state index in [2.05, 4.69) is 36.6 Å². The van der Waals surface area contributed by atoms with Crippen molar-refractivity contribution in [2.24, 2.45) is 0 Å². The number of para-hydroxylation sites is 1. The Morgan fingerprint density at radius 1 is 0.871 bits per heavy atom. The Morgan fingerprint density at radius 2 is 1.60 bits per heavy atom. The number of hydrogen-bond acceptors (Lipinski definition) is 14. The van der Waals surface area contributed by atoms with Crippen molar-refractivity contribution in [1.82, 2.24) is 30.4 Å². The van der Waals surface area contributed by atoms with Gasteiger partial charge < -0.3 is 30.9 Å². The number of ether oxygens (including phenoxy) is 1. The summed E-state index contributed by atoms with van der Waals surface area (Å²) < 4.78 is 32.5. The average molecular weight is 999 g/mol. The summed E-state index contributed by atoms with van der Waals surface area (Å²) in [5.41, 5.74) is 4.02. The zero-order chi connectivity index (χ0) is 50.3. The first-order chi connectivity index (χ1) is 33.4. The van der Waals surface area contributed by atoms with Crippen molar-refractivity contribution in [3.63, 3.8) is 0 Å². The van der Waals surface area contributed by atoms with Crippen molar-refractivity contribution < 1.29 is 41.9 Å². The first-order valence-electron chi connectivity index (χ1n) is 23.8. The Morgan fingerprint density at radius 3 is 2.33 bits per heavy atom. The number of carbonyl (C=O) groups is 6. The van der Waals surface area contributed by atoms with Crippen molar-refractivity contribution in [3.8, 4) is 5.75 Å². The molecule has 7 rings (SSSR count). The number of piperidine rings is 2. The van der Waals surface area contributed by atoms with Crippen molar-refractivity contribution in [1.29, 1.82) is 0 Å². The molecular weight excluding hydrogens is 938 g/mol. The fourth-order valence-corrected chi connectivity index (χ4v) is 10.2. The molecule has 0 radical (unpaired) electrons. The normalized spacial score (nSPS) is 16.4. The second kappa shape index (κ2) is 22.4. The number of aromatic nitrogens is 2. The number of amides is 6. The number of anilines is 5. The van der Waals surface area contributed by atoms with Gasteiger partial charge in [0.25, 0.3) is 11.8 Å². The van der Waals surface area contributed by atoms with Crippen LogP contribution in [0, 0.1) is 6.92 Å². The molecule has 1 atom stereocenters. The van der Waals surface area contributed by atoms with Crippen LogP contribution in [-0.4, -0.2) is 107 Å². The number of unbranched alkanes of at least 4 members (excludes halogenated alkanes) is 1. The number of carbonyl (C=O) groups excluding carboxylic acids is 6. The van der Waals surface area contributed by atoms with Gasteiger partial charge in [0.1, 0.15) is 16.8 Å². The molecule has 0 aliphatic carbocycles. The van der Waals surface area contributed by atoms with E-state index in [1.54, 1.807) is 56.3 Å². The molecule has 20 heteroatoms. The number of benzene rings is 3. The molecule has 3 aromatic carbocycles. The van der Waals surface area contributed by atoms with E-state index in [1.807, 2.05) is 37.8 Å². The van der Waals surface area contributed by atoms with Crippen LogP contribution in [0.2, 0.25) is 5.02 Å². The van der Waals surface area contributed by atoms with Gasteiger partial charge in [-0.2, -0.15) is 4.98 Å². The average Bonchev–Trinajstić information content (AvgIpc) is 3.58. The highest BCUT2D eigenvalue weighted by molar-refractivity contribution is 7.92. The van der Waals surface area contributed by atoms with Gasteiger partial charge in [0, 0.05) is 51.1 Å². The van der Waals surface area contributed by atoms with E-state index < -0.39 is 44.8 Å². The van der Waals surface area contributed by atoms with Crippen LogP contribution in [0.1, 0.15) is 123 Å². The molecule has 3 aliphatic rings. The zero-order valence-electron chi connectivity index (χ0n) is 40.0. The molecule has 1 unspecified atom stereocenters. The Balaban J connectivity index is 0.845. The van der Waals surface area contributed by atoms with Crippen LogP contribution < -0.4 is 31.3 Å². The number of rotatable bonds is 20. The van der Waals surface area contributed by atoms with Gasteiger partial charge in [-0.15, -0.1) is 0 Å². The Labute approximate surface area is 413 Å². The maximum atomic E-state index is 13.3. The van der Waals surface area contributed by atoms with Gasteiger partial charge in [-0.1, -0.05) is 29.8 Å². The number of sulfone groups is 1.